The molecule has 0 radical (unpaired) electrons. The van der Waals surface area contributed by atoms with Gasteiger partial charge < -0.3 is 9.64 Å². The third-order valence-electron chi connectivity index (χ3n) is 7.54. The lowest BCUT2D eigenvalue weighted by Crippen LogP contribution is -2.48. The maximum atomic E-state index is 14.4. The van der Waals surface area contributed by atoms with Crippen LogP contribution in [0.1, 0.15) is 32.7 Å². The Hall–Kier alpha value is -4.06. The molecule has 2 aromatic heterocycles. The summed E-state index contributed by atoms with van der Waals surface area (Å²) in [6, 6.07) is 9.15. The van der Waals surface area contributed by atoms with E-state index in [-0.39, 0.29) is 54.1 Å². The van der Waals surface area contributed by atoms with Gasteiger partial charge in [0.2, 0.25) is 0 Å². The number of amides is 1. The first kappa shape index (κ1) is 26.2. The van der Waals surface area contributed by atoms with E-state index in [4.69, 9.17) is 4.74 Å². The van der Waals surface area contributed by atoms with E-state index in [9.17, 15) is 26.7 Å². The smallest absolute Gasteiger partial charge is 0.433 e. The van der Waals surface area contributed by atoms with E-state index in [0.717, 1.165) is 22.3 Å². The van der Waals surface area contributed by atoms with Crippen LogP contribution in [-0.4, -0.2) is 63.6 Å². The number of carbonyl (C=O) groups is 1. The second kappa shape index (κ2) is 9.84. The molecule has 4 aromatic rings. The number of benzene rings is 2. The van der Waals surface area contributed by atoms with Crippen LogP contribution in [0.2, 0.25) is 0 Å². The first-order valence-corrected chi connectivity index (χ1v) is 12.8. The second-order valence-corrected chi connectivity index (χ2v) is 9.88. The van der Waals surface area contributed by atoms with Crippen LogP contribution in [0.15, 0.2) is 42.6 Å². The largest absolute Gasteiger partial charge is 0.497 e. The van der Waals surface area contributed by atoms with Gasteiger partial charge in [0.25, 0.3) is 5.91 Å². The summed E-state index contributed by atoms with van der Waals surface area (Å²) in [6.45, 7) is 1.45. The fourth-order valence-corrected chi connectivity index (χ4v) is 5.51. The predicted molar refractivity (Wildman–Crippen MR) is 135 cm³/mol. The summed E-state index contributed by atoms with van der Waals surface area (Å²) in [4.78, 5) is 21.5. The van der Waals surface area contributed by atoms with Gasteiger partial charge in [0.1, 0.15) is 11.3 Å². The van der Waals surface area contributed by atoms with Gasteiger partial charge in [-0.05, 0) is 42.7 Å². The number of rotatable bonds is 4. The molecule has 0 bridgehead atoms. The highest BCUT2D eigenvalue weighted by atomic mass is 19.4. The Labute approximate surface area is 225 Å². The van der Waals surface area contributed by atoms with Crippen molar-refractivity contribution in [2.45, 2.75) is 25.6 Å². The SMILES string of the molecule is COc1ccc2c(c1)CCc1c-2nc2c(C(=O)N3CCN(Cc4cccc(F)c4F)CC3)cnn2c1C(F)(F)F. The fourth-order valence-electron chi connectivity index (χ4n) is 5.51. The van der Waals surface area contributed by atoms with E-state index in [1.807, 2.05) is 4.90 Å². The van der Waals surface area contributed by atoms with Crippen LogP contribution in [0.25, 0.3) is 16.9 Å². The molecule has 0 atom stereocenters. The molecule has 0 saturated carbocycles. The Morgan fingerprint density at radius 2 is 1.82 bits per heavy atom. The number of piperazine rings is 1. The first-order chi connectivity index (χ1) is 19.2. The molecule has 7 nitrogen and oxygen atoms in total. The lowest BCUT2D eigenvalue weighted by atomic mass is 9.87. The van der Waals surface area contributed by atoms with Crippen LogP contribution in [-0.2, 0) is 25.6 Å². The number of methoxy groups -OCH3 is 1. The van der Waals surface area contributed by atoms with Crippen LogP contribution in [0.4, 0.5) is 22.0 Å². The van der Waals surface area contributed by atoms with Gasteiger partial charge in [0.05, 0.1) is 19.0 Å². The minimum atomic E-state index is -4.72. The molecule has 40 heavy (non-hydrogen) atoms. The Morgan fingerprint density at radius 3 is 2.55 bits per heavy atom. The number of ether oxygens (including phenoxy) is 1. The molecule has 0 unspecified atom stereocenters. The number of aromatic nitrogens is 3. The molecule has 6 rings (SSSR count). The van der Waals surface area contributed by atoms with Crippen molar-refractivity contribution < 1.29 is 31.5 Å². The Bertz CT molecular complexity index is 1630. The van der Waals surface area contributed by atoms with Crippen LogP contribution in [0.5, 0.6) is 5.75 Å². The summed E-state index contributed by atoms with van der Waals surface area (Å²) in [5.41, 5.74) is 0.688. The molecule has 208 valence electrons. The van der Waals surface area contributed by atoms with Crippen molar-refractivity contribution in [2.75, 3.05) is 33.3 Å². The lowest BCUT2D eigenvalue weighted by molar-refractivity contribution is -0.143. The third-order valence-corrected chi connectivity index (χ3v) is 7.54. The number of aryl methyl sites for hydroxylation is 1. The topological polar surface area (TPSA) is 63.0 Å². The normalized spacial score (nSPS) is 15.7. The van der Waals surface area contributed by atoms with Crippen LogP contribution >= 0.6 is 0 Å². The van der Waals surface area contributed by atoms with E-state index in [0.29, 0.717) is 30.8 Å². The molecule has 1 amide bonds. The second-order valence-electron chi connectivity index (χ2n) is 9.88. The highest BCUT2D eigenvalue weighted by Crippen LogP contribution is 2.41. The zero-order valence-corrected chi connectivity index (χ0v) is 21.4. The van der Waals surface area contributed by atoms with Crippen molar-refractivity contribution in [3.05, 3.63) is 82.2 Å². The summed E-state index contributed by atoms with van der Waals surface area (Å²) < 4.78 is 76.8. The van der Waals surface area contributed by atoms with E-state index >= 15 is 0 Å². The molecule has 2 aromatic carbocycles. The molecule has 1 aliphatic carbocycles. The average Bonchev–Trinajstić information content (AvgIpc) is 3.36. The van der Waals surface area contributed by atoms with E-state index in [1.54, 1.807) is 18.2 Å². The number of hydrogen-bond acceptors (Lipinski definition) is 5. The van der Waals surface area contributed by atoms with Crippen molar-refractivity contribution in [1.82, 2.24) is 24.4 Å². The lowest BCUT2D eigenvalue weighted by Gasteiger charge is -2.34. The average molecular weight is 558 g/mol. The molecule has 1 aliphatic heterocycles. The first-order valence-electron chi connectivity index (χ1n) is 12.8. The summed E-state index contributed by atoms with van der Waals surface area (Å²) in [7, 11) is 1.52. The van der Waals surface area contributed by atoms with Crippen LogP contribution < -0.4 is 4.74 Å². The summed E-state index contributed by atoms with van der Waals surface area (Å²) in [6.07, 6.45) is -3.09. The van der Waals surface area contributed by atoms with Crippen molar-refractivity contribution in [3.8, 4) is 17.0 Å². The molecular formula is C28H24F5N5O2. The summed E-state index contributed by atoms with van der Waals surface area (Å²) in [5.74, 6) is -1.71. The van der Waals surface area contributed by atoms with Gasteiger partial charge in [0.15, 0.2) is 23.0 Å². The van der Waals surface area contributed by atoms with Gasteiger partial charge in [-0.2, -0.15) is 18.3 Å². The number of carbonyl (C=O) groups excluding carboxylic acids is 1. The van der Waals surface area contributed by atoms with E-state index in [1.165, 1.54) is 24.1 Å². The van der Waals surface area contributed by atoms with Crippen LogP contribution in [0.3, 0.4) is 0 Å². The molecule has 2 aliphatic rings. The number of fused-ring (bicyclic) bond motifs is 4. The molecular weight excluding hydrogens is 533 g/mol. The van der Waals surface area contributed by atoms with Crippen molar-refractivity contribution >= 4 is 11.6 Å². The minimum absolute atomic E-state index is 0.0291. The molecule has 0 N–H and O–H groups in total. The van der Waals surface area contributed by atoms with Gasteiger partial charge in [-0.25, -0.2) is 18.3 Å². The maximum absolute atomic E-state index is 14.4. The van der Waals surface area contributed by atoms with Gasteiger partial charge >= 0.3 is 6.18 Å². The number of alkyl halides is 3. The molecule has 1 saturated heterocycles. The van der Waals surface area contributed by atoms with Crippen molar-refractivity contribution in [1.29, 1.82) is 0 Å². The third kappa shape index (κ3) is 4.45. The molecule has 3 heterocycles. The minimum Gasteiger partial charge on any atom is -0.497 e. The van der Waals surface area contributed by atoms with Crippen molar-refractivity contribution in [2.24, 2.45) is 0 Å². The van der Waals surface area contributed by atoms with Crippen molar-refractivity contribution in [3.63, 3.8) is 0 Å². The molecule has 1 fully saturated rings. The highest BCUT2D eigenvalue weighted by Gasteiger charge is 2.41. The fraction of sp³-hybridized carbons (Fsp3) is 0.321. The maximum Gasteiger partial charge on any atom is 0.433 e. The van der Waals surface area contributed by atoms with E-state index in [2.05, 4.69) is 10.1 Å². The van der Waals surface area contributed by atoms with Gasteiger partial charge in [-0.15, -0.1) is 0 Å². The summed E-state index contributed by atoms with van der Waals surface area (Å²) in [5, 5.41) is 3.96. The number of halogens is 5. The number of hydrogen-bond donors (Lipinski definition) is 0. The Kier molecular flexibility index (Phi) is 6.44. The Morgan fingerprint density at radius 1 is 1.05 bits per heavy atom. The Balaban J connectivity index is 1.31. The standard InChI is InChI=1S/C28H24F5N5O2/c1-40-18-6-8-19-16(13-18)5-7-20-24(19)35-26-21(14-34-38(26)25(20)28(31,32)33)27(39)37-11-9-36(10-12-37)15-17-3-2-4-22(29)23(17)30/h2-4,6,8,13-14H,5,7,9-12,15H2,1H3. The molecule has 0 spiro atoms. The zero-order valence-electron chi connectivity index (χ0n) is 21.4. The van der Waals surface area contributed by atoms with Gasteiger partial charge in [-0.1, -0.05) is 12.1 Å². The van der Waals surface area contributed by atoms with Gasteiger partial charge in [0, 0.05) is 49.4 Å². The summed E-state index contributed by atoms with van der Waals surface area (Å²) >= 11 is 0. The monoisotopic (exact) mass is 557 g/mol. The van der Waals surface area contributed by atoms with Crippen LogP contribution in [0, 0.1) is 11.6 Å². The number of nitrogens with zero attached hydrogens (tertiary/aromatic N) is 5. The quantitative estimate of drug-likeness (QED) is 0.339. The predicted octanol–water partition coefficient (Wildman–Crippen LogP) is 4.76. The zero-order chi connectivity index (χ0) is 28.2. The van der Waals surface area contributed by atoms with E-state index < -0.39 is 29.4 Å². The molecule has 12 heteroatoms. The highest BCUT2D eigenvalue weighted by molar-refractivity contribution is 6.00. The van der Waals surface area contributed by atoms with Gasteiger partial charge in [-0.3, -0.25) is 9.69 Å².